The Kier molecular flexibility index (Phi) is 13.7. The lowest BCUT2D eigenvalue weighted by molar-refractivity contribution is -0.139. The van der Waals surface area contributed by atoms with E-state index >= 15 is 0 Å². The van der Waals surface area contributed by atoms with Crippen LogP contribution >= 0.6 is 0 Å². The maximum Gasteiger partial charge on any atom is 0.326 e. The molecule has 0 aromatic carbocycles. The zero-order valence-corrected chi connectivity index (χ0v) is 11.9. The summed E-state index contributed by atoms with van der Waals surface area (Å²) in [5, 5.41) is 2.39. The van der Waals surface area contributed by atoms with E-state index < -0.39 is 5.97 Å². The molecule has 5 heteroatoms. The predicted molar refractivity (Wildman–Crippen MR) is 72.6 cm³/mol. The molecule has 104 valence electrons. The van der Waals surface area contributed by atoms with E-state index in [1.807, 2.05) is 13.8 Å². The summed E-state index contributed by atoms with van der Waals surface area (Å²) in [5.74, 6) is -0.472. The van der Waals surface area contributed by atoms with Crippen molar-refractivity contribution in [2.75, 3.05) is 13.7 Å². The molecule has 0 unspecified atom stereocenters. The molecule has 1 rings (SSSR count). The number of amides is 1. The number of carbonyl (C=O) groups excluding carboxylic acids is 2. The molecule has 0 fully saturated rings. The van der Waals surface area contributed by atoms with Crippen LogP contribution in [0.3, 0.4) is 0 Å². The summed E-state index contributed by atoms with van der Waals surface area (Å²) in [6.45, 7) is 8.13. The Morgan fingerprint density at radius 2 is 1.61 bits per heavy atom. The fraction of sp³-hybridized carbons (Fsp3) is 0.538. The first-order valence-electron chi connectivity index (χ1n) is 6.13. The van der Waals surface area contributed by atoms with Crippen molar-refractivity contribution in [3.05, 3.63) is 24.5 Å². The van der Waals surface area contributed by atoms with Gasteiger partial charge < -0.3 is 10.1 Å². The van der Waals surface area contributed by atoms with Gasteiger partial charge in [-0.3, -0.25) is 9.36 Å². The van der Waals surface area contributed by atoms with E-state index in [-0.39, 0.29) is 12.6 Å². The van der Waals surface area contributed by atoms with Gasteiger partial charge in [0.05, 0.1) is 7.11 Å². The number of aromatic nitrogens is 1. The second kappa shape index (κ2) is 13.3. The largest absolute Gasteiger partial charge is 0.468 e. The van der Waals surface area contributed by atoms with Gasteiger partial charge in [0.25, 0.3) is 0 Å². The van der Waals surface area contributed by atoms with Crippen LogP contribution < -0.4 is 5.32 Å². The Morgan fingerprint density at radius 1 is 1.17 bits per heavy atom. The lowest BCUT2D eigenvalue weighted by atomic mass is 10.6. The Balaban J connectivity index is 0. The summed E-state index contributed by atoms with van der Waals surface area (Å²) in [7, 11) is 1.27. The monoisotopic (exact) mass is 256 g/mol. The molecular formula is C13H24N2O3. The highest BCUT2D eigenvalue weighted by Gasteiger charge is 2.04. The van der Waals surface area contributed by atoms with E-state index in [0.717, 1.165) is 0 Å². The number of esters is 1. The average molecular weight is 256 g/mol. The van der Waals surface area contributed by atoms with E-state index in [4.69, 9.17) is 0 Å². The van der Waals surface area contributed by atoms with Crippen molar-refractivity contribution >= 4 is 12.0 Å². The predicted octanol–water partition coefficient (Wildman–Crippen LogP) is 2.66. The Morgan fingerprint density at radius 3 is 2.00 bits per heavy atom. The van der Waals surface area contributed by atoms with E-state index in [9.17, 15) is 9.59 Å². The maximum absolute atomic E-state index is 11.2. The van der Waals surface area contributed by atoms with Gasteiger partial charge in [-0.25, -0.2) is 4.79 Å². The standard InChI is InChI=1S/C8H10N2O3.C3H8.C2H6/c1-13-7(11)6-9-8(12)10-4-2-3-5-10;1-3-2;1-2/h2-5H,6H2,1H3,(H,9,12);3H2,1-2H3;1-2H3. The zero-order valence-electron chi connectivity index (χ0n) is 11.9. The van der Waals surface area contributed by atoms with Gasteiger partial charge in [-0.15, -0.1) is 0 Å². The smallest absolute Gasteiger partial charge is 0.326 e. The highest BCUT2D eigenvalue weighted by atomic mass is 16.5. The number of hydrogen-bond donors (Lipinski definition) is 1. The molecule has 1 aromatic rings. The third kappa shape index (κ3) is 9.45. The number of hydrogen-bond acceptors (Lipinski definition) is 3. The third-order valence-corrected chi connectivity index (χ3v) is 1.45. The van der Waals surface area contributed by atoms with Crippen molar-refractivity contribution in [3.8, 4) is 0 Å². The first kappa shape index (κ1) is 18.6. The molecule has 1 aromatic heterocycles. The van der Waals surface area contributed by atoms with E-state index in [1.54, 1.807) is 24.5 Å². The number of methoxy groups -OCH3 is 1. The molecule has 5 nitrogen and oxygen atoms in total. The summed E-state index contributed by atoms with van der Waals surface area (Å²) < 4.78 is 5.69. The lowest BCUT2D eigenvalue weighted by Gasteiger charge is -2.03. The zero-order chi connectivity index (χ0) is 14.4. The van der Waals surface area contributed by atoms with Gasteiger partial charge in [-0.1, -0.05) is 34.1 Å². The van der Waals surface area contributed by atoms with Crippen LogP contribution in [0.2, 0.25) is 0 Å². The maximum atomic E-state index is 11.2. The van der Waals surface area contributed by atoms with Gasteiger partial charge in [-0.05, 0) is 12.1 Å². The molecule has 18 heavy (non-hydrogen) atoms. The fourth-order valence-corrected chi connectivity index (χ4v) is 0.781. The first-order valence-corrected chi connectivity index (χ1v) is 6.13. The summed E-state index contributed by atoms with van der Waals surface area (Å²) in [4.78, 5) is 21.8. The number of nitrogens with zero attached hydrogens (tertiary/aromatic N) is 1. The summed E-state index contributed by atoms with van der Waals surface area (Å²) in [6, 6.07) is 3.09. The van der Waals surface area contributed by atoms with E-state index in [2.05, 4.69) is 23.9 Å². The minimum atomic E-state index is -0.472. The van der Waals surface area contributed by atoms with Gasteiger partial charge in [0.1, 0.15) is 6.54 Å². The number of carbonyl (C=O) groups is 2. The van der Waals surface area contributed by atoms with Gasteiger partial charge in [-0.2, -0.15) is 0 Å². The van der Waals surface area contributed by atoms with Crippen molar-refractivity contribution in [2.45, 2.75) is 34.1 Å². The Labute approximate surface area is 109 Å². The molecule has 1 amide bonds. The molecule has 0 atom stereocenters. The van der Waals surface area contributed by atoms with Gasteiger partial charge in [0.2, 0.25) is 0 Å². The molecule has 0 aliphatic heterocycles. The van der Waals surface area contributed by atoms with Crippen molar-refractivity contribution in [1.82, 2.24) is 9.88 Å². The number of ether oxygens (including phenoxy) is 1. The first-order chi connectivity index (χ1) is 8.65. The molecule has 1 heterocycles. The summed E-state index contributed by atoms with van der Waals surface area (Å²) in [6.07, 6.45) is 4.43. The molecule has 1 N–H and O–H groups in total. The Bertz CT molecular complexity index is 308. The minimum absolute atomic E-state index is 0.118. The van der Waals surface area contributed by atoms with Crippen LogP contribution in [-0.2, 0) is 9.53 Å². The molecule has 0 saturated carbocycles. The van der Waals surface area contributed by atoms with Crippen molar-refractivity contribution in [3.63, 3.8) is 0 Å². The lowest BCUT2D eigenvalue weighted by Crippen LogP contribution is -2.32. The topological polar surface area (TPSA) is 60.3 Å². The normalized spacial score (nSPS) is 8.06. The quantitative estimate of drug-likeness (QED) is 0.827. The molecule has 0 saturated heterocycles. The highest BCUT2D eigenvalue weighted by Crippen LogP contribution is 1.88. The van der Waals surface area contributed by atoms with E-state index in [0.29, 0.717) is 0 Å². The molecule has 0 spiro atoms. The second-order valence-electron chi connectivity index (χ2n) is 3.03. The van der Waals surface area contributed by atoms with Gasteiger partial charge in [0, 0.05) is 12.4 Å². The van der Waals surface area contributed by atoms with E-state index in [1.165, 1.54) is 18.1 Å². The summed E-state index contributed by atoms with van der Waals surface area (Å²) >= 11 is 0. The second-order valence-corrected chi connectivity index (χ2v) is 3.03. The average Bonchev–Trinajstić information content (AvgIpc) is 2.93. The highest BCUT2D eigenvalue weighted by molar-refractivity contribution is 5.82. The van der Waals surface area contributed by atoms with Gasteiger partial charge >= 0.3 is 12.0 Å². The SMILES string of the molecule is CC.CCC.COC(=O)CNC(=O)n1cccc1. The molecule has 0 bridgehead atoms. The van der Waals surface area contributed by atoms with Crippen LogP contribution in [0.5, 0.6) is 0 Å². The molecule has 0 aliphatic rings. The van der Waals surface area contributed by atoms with Crippen molar-refractivity contribution in [2.24, 2.45) is 0 Å². The van der Waals surface area contributed by atoms with Crippen LogP contribution in [-0.4, -0.2) is 30.2 Å². The van der Waals surface area contributed by atoms with Crippen LogP contribution in [0.4, 0.5) is 4.79 Å². The molecule has 0 radical (unpaired) electrons. The summed E-state index contributed by atoms with van der Waals surface area (Å²) in [5.41, 5.74) is 0. The number of nitrogens with one attached hydrogen (secondary N) is 1. The van der Waals surface area contributed by atoms with Crippen molar-refractivity contribution in [1.29, 1.82) is 0 Å². The van der Waals surface area contributed by atoms with Crippen LogP contribution in [0.25, 0.3) is 0 Å². The fourth-order valence-electron chi connectivity index (χ4n) is 0.781. The van der Waals surface area contributed by atoms with Gasteiger partial charge in [0.15, 0.2) is 0 Å². The minimum Gasteiger partial charge on any atom is -0.468 e. The van der Waals surface area contributed by atoms with Crippen LogP contribution in [0.1, 0.15) is 34.1 Å². The number of rotatable bonds is 2. The van der Waals surface area contributed by atoms with Crippen LogP contribution in [0, 0.1) is 0 Å². The molecular weight excluding hydrogens is 232 g/mol. The third-order valence-electron chi connectivity index (χ3n) is 1.45. The van der Waals surface area contributed by atoms with Crippen molar-refractivity contribution < 1.29 is 14.3 Å². The molecule has 0 aliphatic carbocycles. The van der Waals surface area contributed by atoms with Crippen LogP contribution in [0.15, 0.2) is 24.5 Å². The Hall–Kier alpha value is -1.78.